The lowest BCUT2D eigenvalue weighted by Crippen LogP contribution is -2.21. The minimum Gasteiger partial charge on any atom is -0.461 e. The molecule has 4 rings (SSSR count). The lowest BCUT2D eigenvalue weighted by Gasteiger charge is -2.20. The molecular weight excluding hydrogens is 390 g/mol. The lowest BCUT2D eigenvalue weighted by atomic mass is 10.1. The van der Waals surface area contributed by atoms with Gasteiger partial charge >= 0.3 is 5.97 Å². The lowest BCUT2D eigenvalue weighted by molar-refractivity contribution is 0.0520. The number of benzene rings is 1. The van der Waals surface area contributed by atoms with Gasteiger partial charge in [0.1, 0.15) is 0 Å². The third kappa shape index (κ3) is 3.86. The summed E-state index contributed by atoms with van der Waals surface area (Å²) in [6, 6.07) is 12.2. The standard InChI is InChI=1S/C24H27N5O2/c1-5-31-24(30)19-12-20(28-10-9-17(13-25)14-28)21-22(15(2)3)27-29(23(21)26-19)18-8-6-7-16(4)11-18/h6-8,11-12,15,17H,5,9-10,14H2,1-4H3. The second-order valence-corrected chi connectivity index (χ2v) is 8.30. The Labute approximate surface area is 182 Å². The summed E-state index contributed by atoms with van der Waals surface area (Å²) < 4.78 is 7.07. The van der Waals surface area contributed by atoms with Crippen molar-refractivity contribution in [1.29, 1.82) is 5.26 Å². The Hall–Kier alpha value is -3.40. The van der Waals surface area contributed by atoms with Gasteiger partial charge in [-0.15, -0.1) is 0 Å². The maximum absolute atomic E-state index is 12.6. The highest BCUT2D eigenvalue weighted by molar-refractivity contribution is 5.99. The van der Waals surface area contributed by atoms with Crippen molar-refractivity contribution in [2.75, 3.05) is 24.6 Å². The normalized spacial score (nSPS) is 16.1. The first-order valence-corrected chi connectivity index (χ1v) is 10.7. The van der Waals surface area contributed by atoms with Crippen LogP contribution >= 0.6 is 0 Å². The maximum atomic E-state index is 12.6. The predicted octanol–water partition coefficient (Wildman–Crippen LogP) is 4.38. The van der Waals surface area contributed by atoms with Crippen LogP contribution in [-0.2, 0) is 4.74 Å². The van der Waals surface area contributed by atoms with E-state index in [1.54, 1.807) is 13.0 Å². The van der Waals surface area contributed by atoms with Crippen LogP contribution in [0.3, 0.4) is 0 Å². The molecule has 1 saturated heterocycles. The summed E-state index contributed by atoms with van der Waals surface area (Å²) in [7, 11) is 0. The first kappa shape index (κ1) is 20.9. The number of aryl methyl sites for hydroxylation is 1. The smallest absolute Gasteiger partial charge is 0.357 e. The summed E-state index contributed by atoms with van der Waals surface area (Å²) in [5, 5.41) is 15.3. The Morgan fingerprint density at radius 2 is 2.16 bits per heavy atom. The number of nitrogens with zero attached hydrogens (tertiary/aromatic N) is 5. The van der Waals surface area contributed by atoms with E-state index >= 15 is 0 Å². The van der Waals surface area contributed by atoms with E-state index in [0.717, 1.165) is 41.0 Å². The number of aromatic nitrogens is 3. The first-order valence-electron chi connectivity index (χ1n) is 10.7. The van der Waals surface area contributed by atoms with Gasteiger partial charge in [-0.05, 0) is 49.9 Å². The molecule has 1 fully saturated rings. The van der Waals surface area contributed by atoms with Gasteiger partial charge in [-0.3, -0.25) is 0 Å². The Morgan fingerprint density at radius 3 is 2.81 bits per heavy atom. The second-order valence-electron chi connectivity index (χ2n) is 8.30. The van der Waals surface area contributed by atoms with Crippen LogP contribution in [0, 0.1) is 24.2 Å². The number of ether oxygens (including phenoxy) is 1. The van der Waals surface area contributed by atoms with Crippen LogP contribution in [0.5, 0.6) is 0 Å². The van der Waals surface area contributed by atoms with Crippen molar-refractivity contribution < 1.29 is 9.53 Å². The Morgan fingerprint density at radius 1 is 1.35 bits per heavy atom. The van der Waals surface area contributed by atoms with Crippen molar-refractivity contribution in [3.63, 3.8) is 0 Å². The molecule has 7 nitrogen and oxygen atoms in total. The van der Waals surface area contributed by atoms with Crippen LogP contribution in [0.4, 0.5) is 5.69 Å². The molecule has 0 N–H and O–H groups in total. The molecule has 31 heavy (non-hydrogen) atoms. The molecule has 0 amide bonds. The number of carbonyl (C=O) groups is 1. The van der Waals surface area contributed by atoms with Gasteiger partial charge in [-0.2, -0.15) is 10.4 Å². The zero-order valence-corrected chi connectivity index (χ0v) is 18.4. The molecule has 7 heteroatoms. The van der Waals surface area contributed by atoms with Gasteiger partial charge in [0.05, 0.1) is 41.0 Å². The van der Waals surface area contributed by atoms with Crippen LogP contribution < -0.4 is 4.90 Å². The van der Waals surface area contributed by atoms with E-state index in [9.17, 15) is 10.1 Å². The van der Waals surface area contributed by atoms with Crippen molar-refractivity contribution in [3.8, 4) is 11.8 Å². The average Bonchev–Trinajstić information content (AvgIpc) is 3.38. The number of nitriles is 1. The fraction of sp³-hybridized carbons (Fsp3) is 0.417. The third-order valence-electron chi connectivity index (χ3n) is 5.63. The number of hydrogen-bond donors (Lipinski definition) is 0. The number of esters is 1. The molecule has 1 atom stereocenters. The van der Waals surface area contributed by atoms with Crippen LogP contribution in [0.25, 0.3) is 16.7 Å². The fourth-order valence-electron chi connectivity index (χ4n) is 4.11. The minimum absolute atomic E-state index is 0.0245. The van der Waals surface area contributed by atoms with Gasteiger partial charge in [0.25, 0.3) is 0 Å². The molecule has 3 heterocycles. The molecular formula is C24H27N5O2. The Bertz CT molecular complexity index is 1170. The number of anilines is 1. The van der Waals surface area contributed by atoms with Gasteiger partial charge < -0.3 is 9.64 Å². The summed E-state index contributed by atoms with van der Waals surface area (Å²) >= 11 is 0. The van der Waals surface area contributed by atoms with E-state index in [0.29, 0.717) is 12.2 Å². The Kier molecular flexibility index (Phi) is 5.64. The average molecular weight is 418 g/mol. The van der Waals surface area contributed by atoms with Crippen molar-refractivity contribution in [2.45, 2.75) is 40.0 Å². The summed E-state index contributed by atoms with van der Waals surface area (Å²) in [5.74, 6) is -0.315. The van der Waals surface area contributed by atoms with E-state index in [4.69, 9.17) is 14.8 Å². The van der Waals surface area contributed by atoms with Crippen molar-refractivity contribution in [2.24, 2.45) is 5.92 Å². The highest BCUT2D eigenvalue weighted by Gasteiger charge is 2.29. The van der Waals surface area contributed by atoms with Crippen molar-refractivity contribution in [1.82, 2.24) is 14.8 Å². The van der Waals surface area contributed by atoms with Gasteiger partial charge in [0, 0.05) is 13.1 Å². The Balaban J connectivity index is 2.00. The van der Waals surface area contributed by atoms with Gasteiger partial charge in [0.2, 0.25) is 0 Å². The molecule has 0 saturated carbocycles. The van der Waals surface area contributed by atoms with E-state index in [-0.39, 0.29) is 24.1 Å². The zero-order valence-electron chi connectivity index (χ0n) is 18.4. The molecule has 1 aliphatic heterocycles. The number of carbonyl (C=O) groups excluding carboxylic acids is 1. The molecule has 160 valence electrons. The molecule has 0 bridgehead atoms. The third-order valence-corrected chi connectivity index (χ3v) is 5.63. The first-order chi connectivity index (χ1) is 14.9. The summed E-state index contributed by atoms with van der Waals surface area (Å²) in [5.41, 5.74) is 4.73. The van der Waals surface area contributed by atoms with E-state index in [1.807, 2.05) is 29.8 Å². The highest BCUT2D eigenvalue weighted by Crippen LogP contribution is 2.37. The molecule has 1 unspecified atom stereocenters. The van der Waals surface area contributed by atoms with Gasteiger partial charge in [0.15, 0.2) is 11.3 Å². The number of pyridine rings is 1. The molecule has 1 aromatic carbocycles. The molecule has 3 aromatic rings. The quantitative estimate of drug-likeness (QED) is 0.573. The van der Waals surface area contributed by atoms with Crippen molar-refractivity contribution >= 4 is 22.7 Å². The predicted molar refractivity (Wildman–Crippen MR) is 120 cm³/mol. The van der Waals surface area contributed by atoms with E-state index in [2.05, 4.69) is 30.9 Å². The zero-order chi connectivity index (χ0) is 22.1. The topological polar surface area (TPSA) is 84.0 Å². The van der Waals surface area contributed by atoms with E-state index < -0.39 is 5.97 Å². The number of fused-ring (bicyclic) bond motifs is 1. The SMILES string of the molecule is CCOC(=O)c1cc(N2CCC(C#N)C2)c2c(C(C)C)nn(-c3cccc(C)c3)c2n1. The van der Waals surface area contributed by atoms with E-state index in [1.165, 1.54) is 0 Å². The largest absolute Gasteiger partial charge is 0.461 e. The molecule has 1 aliphatic rings. The molecule has 0 spiro atoms. The maximum Gasteiger partial charge on any atom is 0.357 e. The van der Waals surface area contributed by atoms with Gasteiger partial charge in [-0.1, -0.05) is 26.0 Å². The molecule has 2 aromatic heterocycles. The van der Waals surface area contributed by atoms with Crippen LogP contribution in [0.15, 0.2) is 30.3 Å². The highest BCUT2D eigenvalue weighted by atomic mass is 16.5. The summed E-state index contributed by atoms with van der Waals surface area (Å²) in [4.78, 5) is 19.5. The number of hydrogen-bond acceptors (Lipinski definition) is 6. The number of rotatable bonds is 5. The summed E-state index contributed by atoms with van der Waals surface area (Å²) in [6.07, 6.45) is 0.804. The summed E-state index contributed by atoms with van der Waals surface area (Å²) in [6.45, 7) is 9.69. The molecule has 0 aliphatic carbocycles. The van der Waals surface area contributed by atoms with Crippen LogP contribution in [0.2, 0.25) is 0 Å². The van der Waals surface area contributed by atoms with Crippen LogP contribution in [0.1, 0.15) is 54.9 Å². The van der Waals surface area contributed by atoms with Crippen LogP contribution in [-0.4, -0.2) is 40.4 Å². The van der Waals surface area contributed by atoms with Crippen molar-refractivity contribution in [3.05, 3.63) is 47.3 Å². The monoisotopic (exact) mass is 417 g/mol. The molecule has 0 radical (unpaired) electrons. The van der Waals surface area contributed by atoms with Gasteiger partial charge in [-0.25, -0.2) is 14.5 Å². The minimum atomic E-state index is -0.454. The second kappa shape index (κ2) is 8.38. The fourth-order valence-corrected chi connectivity index (χ4v) is 4.11.